The molecule has 84 valence electrons. The second-order valence-electron chi connectivity index (χ2n) is 4.55. The van der Waals surface area contributed by atoms with Crippen molar-refractivity contribution in [3.63, 3.8) is 0 Å². The van der Waals surface area contributed by atoms with Crippen molar-refractivity contribution >= 4 is 11.3 Å². The van der Waals surface area contributed by atoms with Crippen LogP contribution in [0.1, 0.15) is 42.8 Å². The van der Waals surface area contributed by atoms with Crippen molar-refractivity contribution in [2.75, 3.05) is 0 Å². The summed E-state index contributed by atoms with van der Waals surface area (Å²) in [7, 11) is 0. The van der Waals surface area contributed by atoms with Crippen molar-refractivity contribution in [3.05, 3.63) is 16.1 Å². The van der Waals surface area contributed by atoms with Gasteiger partial charge >= 0.3 is 0 Å². The molecule has 0 aliphatic heterocycles. The fourth-order valence-corrected chi connectivity index (χ4v) is 3.18. The number of aromatic nitrogens is 1. The van der Waals surface area contributed by atoms with Gasteiger partial charge in [-0.3, -0.25) is 0 Å². The van der Waals surface area contributed by atoms with Crippen LogP contribution >= 0.6 is 11.3 Å². The van der Waals surface area contributed by atoms with E-state index in [2.05, 4.69) is 10.4 Å². The topological polar surface area (TPSA) is 33.1 Å². The molecule has 1 unspecified atom stereocenters. The zero-order chi connectivity index (χ0) is 10.7. The van der Waals surface area contributed by atoms with Crippen LogP contribution in [-0.2, 0) is 6.42 Å². The van der Waals surface area contributed by atoms with Gasteiger partial charge in [0.25, 0.3) is 0 Å². The first-order valence-electron chi connectivity index (χ1n) is 5.85. The molecule has 1 aromatic heterocycles. The molecule has 2 nitrogen and oxygen atoms in total. The van der Waals surface area contributed by atoms with Crippen molar-refractivity contribution in [3.8, 4) is 0 Å². The summed E-state index contributed by atoms with van der Waals surface area (Å²) in [6, 6.07) is 0. The monoisotopic (exact) mass is 225 g/mol. The van der Waals surface area contributed by atoms with E-state index in [-0.39, 0.29) is 6.10 Å². The summed E-state index contributed by atoms with van der Waals surface area (Å²) in [6.45, 7) is 2.01. The molecule has 1 aromatic rings. The maximum atomic E-state index is 10.1. The lowest BCUT2D eigenvalue weighted by atomic mass is 9.84. The smallest absolute Gasteiger partial charge is 0.0954 e. The van der Waals surface area contributed by atoms with E-state index in [4.69, 9.17) is 0 Å². The quantitative estimate of drug-likeness (QED) is 0.858. The van der Waals surface area contributed by atoms with E-state index in [1.807, 2.05) is 6.92 Å². The first-order chi connectivity index (χ1) is 7.25. The van der Waals surface area contributed by atoms with Gasteiger partial charge in [0.15, 0.2) is 0 Å². The summed E-state index contributed by atoms with van der Waals surface area (Å²) in [5.41, 5.74) is 1.07. The molecule has 1 saturated carbocycles. The number of thiazole rings is 1. The van der Waals surface area contributed by atoms with Gasteiger partial charge in [0.2, 0.25) is 0 Å². The lowest BCUT2D eigenvalue weighted by Gasteiger charge is -2.25. The second-order valence-corrected chi connectivity index (χ2v) is 5.49. The molecular formula is C12H19NOS. The van der Waals surface area contributed by atoms with Crippen molar-refractivity contribution in [1.29, 1.82) is 0 Å². The van der Waals surface area contributed by atoms with Crippen LogP contribution in [0.25, 0.3) is 0 Å². The molecule has 0 spiro atoms. The highest BCUT2D eigenvalue weighted by Crippen LogP contribution is 2.28. The summed E-state index contributed by atoms with van der Waals surface area (Å²) in [4.78, 5) is 4.40. The molecule has 0 saturated heterocycles. The Morgan fingerprint density at radius 2 is 2.20 bits per heavy atom. The number of aryl methyl sites for hydroxylation is 1. The third kappa shape index (κ3) is 3.02. The maximum absolute atomic E-state index is 10.1. The molecule has 0 amide bonds. The Labute approximate surface area is 95.4 Å². The number of rotatable bonds is 3. The molecular weight excluding hydrogens is 206 g/mol. The molecule has 2 rings (SSSR count). The maximum Gasteiger partial charge on any atom is 0.0954 e. The lowest BCUT2D eigenvalue weighted by molar-refractivity contribution is 0.0850. The van der Waals surface area contributed by atoms with E-state index in [0.29, 0.717) is 5.92 Å². The summed E-state index contributed by atoms with van der Waals surface area (Å²) in [6.07, 6.45) is 6.91. The molecule has 3 heteroatoms. The summed E-state index contributed by atoms with van der Waals surface area (Å²) in [5.74, 6) is 0.517. The van der Waals surface area contributed by atoms with Crippen molar-refractivity contribution < 1.29 is 5.11 Å². The Hall–Kier alpha value is -0.410. The average molecular weight is 225 g/mol. The molecule has 0 radical (unpaired) electrons. The first-order valence-corrected chi connectivity index (χ1v) is 6.73. The fraction of sp³-hybridized carbons (Fsp3) is 0.750. The molecule has 1 aliphatic carbocycles. The van der Waals surface area contributed by atoms with Crippen LogP contribution in [0.2, 0.25) is 0 Å². The molecule has 1 aliphatic rings. The standard InChI is InChI=1S/C12H19NOS/c1-9-8-15-12(13-9)7-11(14)10-5-3-2-4-6-10/h8,10-11,14H,2-7H2,1H3. The van der Waals surface area contributed by atoms with Gasteiger partial charge in [0, 0.05) is 17.5 Å². The van der Waals surface area contributed by atoms with Crippen LogP contribution in [0, 0.1) is 12.8 Å². The molecule has 15 heavy (non-hydrogen) atoms. The number of nitrogens with zero attached hydrogens (tertiary/aromatic N) is 1. The molecule has 1 N–H and O–H groups in total. The second kappa shape index (κ2) is 5.08. The van der Waals surface area contributed by atoms with E-state index in [9.17, 15) is 5.11 Å². The SMILES string of the molecule is Cc1csc(CC(O)C2CCCCC2)n1. The van der Waals surface area contributed by atoms with Gasteiger partial charge in [-0.2, -0.15) is 0 Å². The van der Waals surface area contributed by atoms with Crippen molar-refractivity contribution in [2.24, 2.45) is 5.92 Å². The molecule has 0 aromatic carbocycles. The van der Waals surface area contributed by atoms with Gasteiger partial charge < -0.3 is 5.11 Å². The first kappa shape index (κ1) is 11.1. The summed E-state index contributed by atoms with van der Waals surface area (Å²) >= 11 is 1.67. The lowest BCUT2D eigenvalue weighted by Crippen LogP contribution is -2.24. The van der Waals surface area contributed by atoms with E-state index in [1.165, 1.54) is 32.1 Å². The minimum absolute atomic E-state index is 0.171. The third-order valence-corrected chi connectivity index (χ3v) is 4.23. The molecule has 1 atom stereocenters. The summed E-state index contributed by atoms with van der Waals surface area (Å²) in [5, 5.41) is 13.3. The zero-order valence-electron chi connectivity index (χ0n) is 9.28. The Morgan fingerprint density at radius 3 is 2.80 bits per heavy atom. The van der Waals surface area contributed by atoms with E-state index >= 15 is 0 Å². The minimum atomic E-state index is -0.171. The van der Waals surface area contributed by atoms with E-state index < -0.39 is 0 Å². The molecule has 1 fully saturated rings. The van der Waals surface area contributed by atoms with Gasteiger partial charge in [-0.25, -0.2) is 4.98 Å². The number of aliphatic hydroxyl groups excluding tert-OH is 1. The average Bonchev–Trinajstić information content (AvgIpc) is 2.65. The fourth-order valence-electron chi connectivity index (χ4n) is 2.36. The highest BCUT2D eigenvalue weighted by atomic mass is 32.1. The van der Waals surface area contributed by atoms with Crippen LogP contribution in [0.4, 0.5) is 0 Å². The normalized spacial score (nSPS) is 20.4. The summed E-state index contributed by atoms with van der Waals surface area (Å²) < 4.78 is 0. The largest absolute Gasteiger partial charge is 0.392 e. The van der Waals surface area contributed by atoms with Gasteiger partial charge in [-0.15, -0.1) is 11.3 Å². The Morgan fingerprint density at radius 1 is 1.47 bits per heavy atom. The Bertz CT molecular complexity index is 304. The van der Waals surface area contributed by atoms with Crippen LogP contribution in [0.5, 0.6) is 0 Å². The highest BCUT2D eigenvalue weighted by molar-refractivity contribution is 7.09. The Kier molecular flexibility index (Phi) is 3.76. The zero-order valence-corrected chi connectivity index (χ0v) is 10.1. The third-order valence-electron chi connectivity index (χ3n) is 3.24. The predicted octanol–water partition coefficient (Wildman–Crippen LogP) is 2.94. The van der Waals surface area contributed by atoms with E-state index in [1.54, 1.807) is 11.3 Å². The van der Waals surface area contributed by atoms with Crippen LogP contribution in [0.3, 0.4) is 0 Å². The van der Waals surface area contributed by atoms with E-state index in [0.717, 1.165) is 17.1 Å². The van der Waals surface area contributed by atoms with Gasteiger partial charge in [0.1, 0.15) is 0 Å². The Balaban J connectivity index is 1.88. The minimum Gasteiger partial charge on any atom is -0.392 e. The van der Waals surface area contributed by atoms with Crippen LogP contribution < -0.4 is 0 Å². The number of aliphatic hydroxyl groups is 1. The molecule has 1 heterocycles. The highest BCUT2D eigenvalue weighted by Gasteiger charge is 2.22. The number of hydrogen-bond acceptors (Lipinski definition) is 3. The van der Waals surface area contributed by atoms with Gasteiger partial charge in [-0.05, 0) is 25.7 Å². The van der Waals surface area contributed by atoms with Crippen LogP contribution in [0.15, 0.2) is 5.38 Å². The predicted molar refractivity (Wildman–Crippen MR) is 63.1 cm³/mol. The van der Waals surface area contributed by atoms with Gasteiger partial charge in [0.05, 0.1) is 11.1 Å². The van der Waals surface area contributed by atoms with Gasteiger partial charge in [-0.1, -0.05) is 19.3 Å². The van der Waals surface area contributed by atoms with Crippen LogP contribution in [-0.4, -0.2) is 16.2 Å². The molecule has 0 bridgehead atoms. The van der Waals surface area contributed by atoms with Crippen molar-refractivity contribution in [1.82, 2.24) is 4.98 Å². The number of hydrogen-bond donors (Lipinski definition) is 1. The van der Waals surface area contributed by atoms with Crippen molar-refractivity contribution in [2.45, 2.75) is 51.6 Å².